The van der Waals surface area contributed by atoms with E-state index in [4.69, 9.17) is 10.5 Å². The van der Waals surface area contributed by atoms with Crippen LogP contribution in [0.4, 0.5) is 11.5 Å². The summed E-state index contributed by atoms with van der Waals surface area (Å²) in [4.78, 5) is 6.61. The zero-order chi connectivity index (χ0) is 15.1. The van der Waals surface area contributed by atoms with Crippen molar-refractivity contribution in [2.24, 2.45) is 5.92 Å². The van der Waals surface area contributed by atoms with E-state index < -0.39 is 0 Å². The van der Waals surface area contributed by atoms with Crippen LogP contribution in [0.3, 0.4) is 0 Å². The maximum atomic E-state index is 5.88. The maximum absolute atomic E-state index is 5.88. The Balaban J connectivity index is 2.60. The first-order valence-corrected chi connectivity index (χ1v) is 7.19. The zero-order valence-corrected chi connectivity index (χ0v) is 13.3. The van der Waals surface area contributed by atoms with Crippen molar-refractivity contribution in [3.8, 4) is 5.88 Å². The summed E-state index contributed by atoms with van der Waals surface area (Å²) in [5.74, 6) is 1.78. The van der Waals surface area contributed by atoms with E-state index in [1.54, 1.807) is 0 Å². The Hall–Kier alpha value is -1.49. The Morgan fingerprint density at radius 1 is 1.30 bits per heavy atom. The lowest BCUT2D eigenvalue weighted by Crippen LogP contribution is -2.23. The number of aromatic nitrogens is 1. The second-order valence-corrected chi connectivity index (χ2v) is 5.93. The molecule has 1 unspecified atom stereocenters. The Kier molecular flexibility index (Phi) is 6.58. The molecular formula is C15H28N4O. The highest BCUT2D eigenvalue weighted by molar-refractivity contribution is 5.53. The van der Waals surface area contributed by atoms with Crippen molar-refractivity contribution in [3.63, 3.8) is 0 Å². The fourth-order valence-corrected chi connectivity index (χ4v) is 1.67. The number of nitrogen functional groups attached to an aromatic ring is 1. The van der Waals surface area contributed by atoms with Crippen LogP contribution in [0.1, 0.15) is 27.2 Å². The molecule has 0 aliphatic heterocycles. The zero-order valence-electron chi connectivity index (χ0n) is 13.3. The molecule has 0 aliphatic rings. The highest BCUT2D eigenvalue weighted by Crippen LogP contribution is 2.22. The van der Waals surface area contributed by atoms with Crippen molar-refractivity contribution in [1.82, 2.24) is 9.88 Å². The third-order valence-electron chi connectivity index (χ3n) is 2.85. The topological polar surface area (TPSA) is 63.4 Å². The fraction of sp³-hybridized carbons (Fsp3) is 0.667. The molecule has 0 aliphatic carbocycles. The third kappa shape index (κ3) is 6.10. The van der Waals surface area contributed by atoms with Gasteiger partial charge in [-0.05, 0) is 52.0 Å². The molecule has 0 spiro atoms. The SMILES string of the molecule is CC(C)COc1nc(NC(C)CCN(C)C)ccc1N. The molecule has 0 saturated heterocycles. The van der Waals surface area contributed by atoms with Crippen LogP contribution in [-0.4, -0.2) is 43.2 Å². The van der Waals surface area contributed by atoms with Crippen molar-refractivity contribution in [3.05, 3.63) is 12.1 Å². The molecule has 0 radical (unpaired) electrons. The van der Waals surface area contributed by atoms with E-state index >= 15 is 0 Å². The Labute approximate surface area is 122 Å². The molecule has 114 valence electrons. The van der Waals surface area contributed by atoms with E-state index in [-0.39, 0.29) is 0 Å². The van der Waals surface area contributed by atoms with E-state index in [1.165, 1.54) is 0 Å². The summed E-state index contributed by atoms with van der Waals surface area (Å²) in [6.07, 6.45) is 1.06. The maximum Gasteiger partial charge on any atom is 0.239 e. The van der Waals surface area contributed by atoms with E-state index in [9.17, 15) is 0 Å². The smallest absolute Gasteiger partial charge is 0.239 e. The molecule has 5 heteroatoms. The van der Waals surface area contributed by atoms with Gasteiger partial charge in [-0.25, -0.2) is 0 Å². The van der Waals surface area contributed by atoms with Crippen molar-refractivity contribution in [1.29, 1.82) is 0 Å². The summed E-state index contributed by atoms with van der Waals surface area (Å²) < 4.78 is 5.63. The lowest BCUT2D eigenvalue weighted by molar-refractivity contribution is 0.263. The monoisotopic (exact) mass is 280 g/mol. The van der Waals surface area contributed by atoms with Gasteiger partial charge in [-0.15, -0.1) is 0 Å². The summed E-state index contributed by atoms with van der Waals surface area (Å²) in [6, 6.07) is 4.08. The molecule has 1 rings (SSSR count). The second kappa shape index (κ2) is 7.94. The number of anilines is 2. The number of nitrogens with zero attached hydrogens (tertiary/aromatic N) is 2. The molecule has 0 bridgehead atoms. The minimum absolute atomic E-state index is 0.353. The molecule has 0 saturated carbocycles. The van der Waals surface area contributed by atoms with Crippen LogP contribution >= 0.6 is 0 Å². The number of nitrogens with one attached hydrogen (secondary N) is 1. The van der Waals surface area contributed by atoms with E-state index in [0.29, 0.717) is 30.1 Å². The number of rotatable bonds is 8. The van der Waals surface area contributed by atoms with Gasteiger partial charge in [0.25, 0.3) is 0 Å². The molecule has 20 heavy (non-hydrogen) atoms. The average molecular weight is 280 g/mol. The molecular weight excluding hydrogens is 252 g/mol. The van der Waals surface area contributed by atoms with Crippen LogP contribution in [0.2, 0.25) is 0 Å². The average Bonchev–Trinajstić information content (AvgIpc) is 2.37. The number of pyridine rings is 1. The lowest BCUT2D eigenvalue weighted by Gasteiger charge is -2.18. The molecule has 0 amide bonds. The highest BCUT2D eigenvalue weighted by atomic mass is 16.5. The molecule has 5 nitrogen and oxygen atoms in total. The van der Waals surface area contributed by atoms with Gasteiger partial charge in [-0.2, -0.15) is 4.98 Å². The largest absolute Gasteiger partial charge is 0.476 e. The van der Waals surface area contributed by atoms with Crippen molar-refractivity contribution >= 4 is 11.5 Å². The number of nitrogens with two attached hydrogens (primary N) is 1. The van der Waals surface area contributed by atoms with Crippen LogP contribution in [0, 0.1) is 5.92 Å². The van der Waals surface area contributed by atoms with E-state index in [2.05, 4.69) is 50.1 Å². The predicted molar refractivity (Wildman–Crippen MR) is 85.2 cm³/mol. The quantitative estimate of drug-likeness (QED) is 0.766. The van der Waals surface area contributed by atoms with Crippen LogP contribution in [-0.2, 0) is 0 Å². The molecule has 0 aromatic carbocycles. The standard InChI is InChI=1S/C15H28N4O/c1-11(2)10-20-15-13(16)6-7-14(18-15)17-12(3)8-9-19(4)5/h6-7,11-12H,8-10,16H2,1-5H3,(H,17,18). The molecule has 1 aromatic heterocycles. The van der Waals surface area contributed by atoms with Gasteiger partial charge in [0.05, 0.1) is 12.3 Å². The van der Waals surface area contributed by atoms with Gasteiger partial charge in [-0.1, -0.05) is 13.8 Å². The third-order valence-corrected chi connectivity index (χ3v) is 2.85. The molecule has 1 heterocycles. The van der Waals surface area contributed by atoms with Crippen LogP contribution in [0.5, 0.6) is 5.88 Å². The van der Waals surface area contributed by atoms with Crippen molar-refractivity contribution in [2.75, 3.05) is 38.3 Å². The van der Waals surface area contributed by atoms with Gasteiger partial charge in [-0.3, -0.25) is 0 Å². The lowest BCUT2D eigenvalue weighted by atomic mass is 10.2. The molecule has 3 N–H and O–H groups in total. The Morgan fingerprint density at radius 2 is 2.00 bits per heavy atom. The van der Waals surface area contributed by atoms with Gasteiger partial charge in [0, 0.05) is 6.04 Å². The fourth-order valence-electron chi connectivity index (χ4n) is 1.67. The highest BCUT2D eigenvalue weighted by Gasteiger charge is 2.08. The summed E-state index contributed by atoms with van der Waals surface area (Å²) in [5, 5.41) is 3.38. The number of hydrogen-bond donors (Lipinski definition) is 2. The Morgan fingerprint density at radius 3 is 2.60 bits per heavy atom. The van der Waals surface area contributed by atoms with E-state index in [0.717, 1.165) is 18.8 Å². The molecule has 1 aromatic rings. The van der Waals surface area contributed by atoms with Gasteiger partial charge in [0.2, 0.25) is 5.88 Å². The van der Waals surface area contributed by atoms with Gasteiger partial charge >= 0.3 is 0 Å². The first kappa shape index (κ1) is 16.6. The minimum atomic E-state index is 0.353. The summed E-state index contributed by atoms with van der Waals surface area (Å²) >= 11 is 0. The Bertz CT molecular complexity index is 407. The van der Waals surface area contributed by atoms with Gasteiger partial charge in [0.15, 0.2) is 0 Å². The van der Waals surface area contributed by atoms with E-state index in [1.807, 2.05) is 12.1 Å². The number of hydrogen-bond acceptors (Lipinski definition) is 5. The summed E-state index contributed by atoms with van der Waals surface area (Å²) in [6.45, 7) is 8.01. The van der Waals surface area contributed by atoms with Crippen molar-refractivity contribution < 1.29 is 4.74 Å². The van der Waals surface area contributed by atoms with Crippen LogP contribution in [0.25, 0.3) is 0 Å². The number of ether oxygens (including phenoxy) is 1. The first-order valence-electron chi connectivity index (χ1n) is 7.19. The normalized spacial score (nSPS) is 12.8. The second-order valence-electron chi connectivity index (χ2n) is 5.93. The van der Waals surface area contributed by atoms with Gasteiger partial charge < -0.3 is 20.7 Å². The minimum Gasteiger partial charge on any atom is -0.476 e. The van der Waals surface area contributed by atoms with Crippen LogP contribution in [0.15, 0.2) is 12.1 Å². The summed E-state index contributed by atoms with van der Waals surface area (Å²) in [5.41, 5.74) is 6.46. The molecule has 1 atom stereocenters. The van der Waals surface area contributed by atoms with Crippen molar-refractivity contribution in [2.45, 2.75) is 33.2 Å². The predicted octanol–water partition coefficient (Wildman–Crippen LogP) is 2.45. The van der Waals surface area contributed by atoms with Crippen LogP contribution < -0.4 is 15.8 Å². The first-order chi connectivity index (χ1) is 9.38. The van der Waals surface area contributed by atoms with Gasteiger partial charge in [0.1, 0.15) is 5.82 Å². The molecule has 0 fully saturated rings. The summed E-state index contributed by atoms with van der Waals surface area (Å²) in [7, 11) is 4.15.